The van der Waals surface area contributed by atoms with E-state index in [1.807, 2.05) is 48.5 Å². The number of ether oxygens (including phenoxy) is 1. The molecule has 2 aliphatic heterocycles. The number of rotatable bonds is 5. The molecule has 0 radical (unpaired) electrons. The lowest BCUT2D eigenvalue weighted by atomic mass is 9.95. The van der Waals surface area contributed by atoms with Gasteiger partial charge in [0.05, 0.1) is 17.7 Å². The lowest BCUT2D eigenvalue weighted by Crippen LogP contribution is -2.57. The van der Waals surface area contributed by atoms with Crippen LogP contribution in [0.2, 0.25) is 0 Å². The van der Waals surface area contributed by atoms with Gasteiger partial charge in [-0.25, -0.2) is 8.42 Å². The molecule has 0 N–H and O–H groups in total. The lowest BCUT2D eigenvalue weighted by molar-refractivity contribution is -0.136. The van der Waals surface area contributed by atoms with Crippen LogP contribution >= 0.6 is 0 Å². The largest absolute Gasteiger partial charge is 0.495 e. The summed E-state index contributed by atoms with van der Waals surface area (Å²) in [6.45, 7) is 2.54. The summed E-state index contributed by atoms with van der Waals surface area (Å²) >= 11 is 0. The van der Waals surface area contributed by atoms with Crippen molar-refractivity contribution in [3.05, 3.63) is 90.0 Å². The Bertz CT molecular complexity index is 1300. The summed E-state index contributed by atoms with van der Waals surface area (Å²) in [7, 11) is -2.19. The van der Waals surface area contributed by atoms with Crippen molar-refractivity contribution in [2.75, 3.05) is 38.2 Å². The Kier molecular flexibility index (Phi) is 6.49. The fourth-order valence-corrected chi connectivity index (χ4v) is 6.54. The fraction of sp³-hybridized carbons (Fsp3) is 0.296. The number of hydrogen-bond acceptors (Lipinski definition) is 5. The molecule has 0 spiro atoms. The van der Waals surface area contributed by atoms with Gasteiger partial charge < -0.3 is 14.5 Å². The second-order valence-corrected chi connectivity index (χ2v) is 10.7. The zero-order chi connectivity index (χ0) is 24.4. The van der Waals surface area contributed by atoms with Crippen LogP contribution in [0.5, 0.6) is 5.75 Å². The predicted molar refractivity (Wildman–Crippen MR) is 135 cm³/mol. The van der Waals surface area contributed by atoms with Crippen molar-refractivity contribution in [1.29, 1.82) is 0 Å². The zero-order valence-corrected chi connectivity index (χ0v) is 20.5. The summed E-state index contributed by atoms with van der Waals surface area (Å²) in [5.41, 5.74) is 2.97. The highest BCUT2D eigenvalue weighted by molar-refractivity contribution is 7.89. The van der Waals surface area contributed by atoms with E-state index >= 15 is 0 Å². The molecule has 182 valence electrons. The Morgan fingerprint density at radius 3 is 2.17 bits per heavy atom. The van der Waals surface area contributed by atoms with Crippen LogP contribution in [0, 0.1) is 0 Å². The second kappa shape index (κ2) is 9.71. The van der Waals surface area contributed by atoms with Gasteiger partial charge >= 0.3 is 0 Å². The molecule has 0 bridgehead atoms. The maximum absolute atomic E-state index is 13.8. The highest BCUT2D eigenvalue weighted by Gasteiger charge is 2.41. The summed E-state index contributed by atoms with van der Waals surface area (Å²) in [6, 6.07) is 23.2. The molecule has 8 heteroatoms. The van der Waals surface area contributed by atoms with Crippen LogP contribution in [-0.2, 0) is 27.8 Å². The maximum atomic E-state index is 13.8. The van der Waals surface area contributed by atoms with Gasteiger partial charge in [-0.05, 0) is 41.8 Å². The Morgan fingerprint density at radius 1 is 0.829 bits per heavy atom. The Labute approximate surface area is 206 Å². The van der Waals surface area contributed by atoms with Crippen LogP contribution in [-0.4, -0.2) is 62.9 Å². The highest BCUT2D eigenvalue weighted by Crippen LogP contribution is 2.31. The zero-order valence-electron chi connectivity index (χ0n) is 19.7. The van der Waals surface area contributed by atoms with Crippen LogP contribution in [0.4, 0.5) is 5.69 Å². The van der Waals surface area contributed by atoms with Crippen LogP contribution in [0.3, 0.4) is 0 Å². The number of sulfonamides is 1. The predicted octanol–water partition coefficient (Wildman–Crippen LogP) is 3.16. The van der Waals surface area contributed by atoms with Crippen molar-refractivity contribution in [2.45, 2.75) is 23.9 Å². The first-order chi connectivity index (χ1) is 17.0. The van der Waals surface area contributed by atoms with E-state index in [0.717, 1.165) is 22.6 Å². The molecule has 0 aromatic heterocycles. The van der Waals surface area contributed by atoms with Gasteiger partial charge in [0, 0.05) is 32.7 Å². The van der Waals surface area contributed by atoms with E-state index in [0.29, 0.717) is 32.6 Å². The average Bonchev–Trinajstić information content (AvgIpc) is 2.92. The molecule has 35 heavy (non-hydrogen) atoms. The third-order valence-corrected chi connectivity index (χ3v) is 8.73. The van der Waals surface area contributed by atoms with E-state index in [-0.39, 0.29) is 17.3 Å². The van der Waals surface area contributed by atoms with Crippen molar-refractivity contribution in [3.8, 4) is 5.75 Å². The van der Waals surface area contributed by atoms with Gasteiger partial charge in [0.2, 0.25) is 15.9 Å². The van der Waals surface area contributed by atoms with Crippen molar-refractivity contribution >= 4 is 21.6 Å². The minimum Gasteiger partial charge on any atom is -0.495 e. The number of methoxy groups -OCH3 is 1. The number of nitrogens with zero attached hydrogens (tertiary/aromatic N) is 3. The minimum atomic E-state index is -3.84. The molecule has 1 unspecified atom stereocenters. The van der Waals surface area contributed by atoms with E-state index < -0.39 is 16.1 Å². The molecule has 1 atom stereocenters. The molecule has 3 aromatic carbocycles. The fourth-order valence-electron chi connectivity index (χ4n) is 4.96. The number of amides is 1. The minimum absolute atomic E-state index is 0.140. The van der Waals surface area contributed by atoms with Gasteiger partial charge in [-0.3, -0.25) is 4.79 Å². The third kappa shape index (κ3) is 4.51. The summed E-state index contributed by atoms with van der Waals surface area (Å²) < 4.78 is 34.2. The molecule has 7 nitrogen and oxygen atoms in total. The van der Waals surface area contributed by atoms with Crippen molar-refractivity contribution < 1.29 is 17.9 Å². The van der Waals surface area contributed by atoms with Crippen molar-refractivity contribution in [2.24, 2.45) is 0 Å². The number of fused-ring (bicyclic) bond motifs is 1. The van der Waals surface area contributed by atoms with Gasteiger partial charge in [0.25, 0.3) is 0 Å². The molecule has 3 aromatic rings. The second-order valence-electron chi connectivity index (χ2n) is 8.84. The maximum Gasteiger partial charge on any atom is 0.244 e. The van der Waals surface area contributed by atoms with Gasteiger partial charge in [-0.1, -0.05) is 54.6 Å². The molecule has 0 saturated carbocycles. The molecule has 1 amide bonds. The first-order valence-electron chi connectivity index (χ1n) is 11.8. The summed E-state index contributed by atoms with van der Waals surface area (Å²) in [5, 5.41) is 0. The smallest absolute Gasteiger partial charge is 0.244 e. The Balaban J connectivity index is 1.39. The summed E-state index contributed by atoms with van der Waals surface area (Å²) in [4.78, 5) is 18.0. The average molecular weight is 492 g/mol. The van der Waals surface area contributed by atoms with E-state index in [1.54, 1.807) is 42.3 Å². The number of hydrogen-bond donors (Lipinski definition) is 0. The van der Waals surface area contributed by atoms with Gasteiger partial charge in [-0.15, -0.1) is 0 Å². The van der Waals surface area contributed by atoms with Gasteiger partial charge in [0.1, 0.15) is 11.8 Å². The number of benzene rings is 3. The number of anilines is 1. The van der Waals surface area contributed by atoms with E-state index in [4.69, 9.17) is 4.74 Å². The normalized spacial score (nSPS) is 18.7. The lowest BCUT2D eigenvalue weighted by Gasteiger charge is -2.41. The molecule has 5 rings (SSSR count). The molecule has 2 heterocycles. The monoisotopic (exact) mass is 491 g/mol. The first-order valence-corrected chi connectivity index (χ1v) is 13.2. The number of piperazine rings is 1. The first kappa shape index (κ1) is 23.4. The molecular formula is C27H29N3O4S. The van der Waals surface area contributed by atoms with E-state index in [1.165, 1.54) is 4.31 Å². The third-order valence-electron chi connectivity index (χ3n) is 6.86. The van der Waals surface area contributed by atoms with E-state index in [2.05, 4.69) is 4.90 Å². The molecule has 1 fully saturated rings. The Morgan fingerprint density at radius 2 is 1.46 bits per heavy atom. The van der Waals surface area contributed by atoms with Crippen LogP contribution < -0.4 is 9.64 Å². The number of carbonyl (C=O) groups excluding carboxylic acids is 1. The number of para-hydroxylation sites is 2. The van der Waals surface area contributed by atoms with E-state index in [9.17, 15) is 13.2 Å². The molecular weight excluding hydrogens is 462 g/mol. The molecule has 2 aliphatic rings. The summed E-state index contributed by atoms with van der Waals surface area (Å²) in [6.07, 6.45) is 0.369. The van der Waals surface area contributed by atoms with Crippen molar-refractivity contribution in [3.63, 3.8) is 0 Å². The standard InChI is InChI=1S/C27H29N3O4S/c1-34-26-14-8-7-13-24(26)28-15-17-29(18-16-28)27(31)25-19-21-9-5-6-10-22(21)20-30(25)35(32,33)23-11-3-2-4-12-23/h2-14,25H,15-20H2,1H3. The van der Waals surface area contributed by atoms with Crippen LogP contribution in [0.1, 0.15) is 11.1 Å². The van der Waals surface area contributed by atoms with Gasteiger partial charge in [0.15, 0.2) is 0 Å². The summed E-state index contributed by atoms with van der Waals surface area (Å²) in [5.74, 6) is 0.662. The van der Waals surface area contributed by atoms with Crippen LogP contribution in [0.25, 0.3) is 0 Å². The number of carbonyl (C=O) groups is 1. The van der Waals surface area contributed by atoms with Crippen LogP contribution in [0.15, 0.2) is 83.8 Å². The quantitative estimate of drug-likeness (QED) is 0.549. The SMILES string of the molecule is COc1ccccc1N1CCN(C(=O)C2Cc3ccccc3CN2S(=O)(=O)c2ccccc2)CC1. The molecule has 1 saturated heterocycles. The van der Waals surface area contributed by atoms with Gasteiger partial charge in [-0.2, -0.15) is 4.31 Å². The topological polar surface area (TPSA) is 70.2 Å². The molecule has 0 aliphatic carbocycles. The van der Waals surface area contributed by atoms with Crippen molar-refractivity contribution in [1.82, 2.24) is 9.21 Å². The highest BCUT2D eigenvalue weighted by atomic mass is 32.2. The Hall–Kier alpha value is -3.36.